The Morgan fingerprint density at radius 3 is 2.52 bits per heavy atom. The molecule has 0 aliphatic rings. The average Bonchev–Trinajstić information content (AvgIpc) is 3.06. The van der Waals surface area contributed by atoms with Crippen molar-refractivity contribution < 1.29 is 9.32 Å². The van der Waals surface area contributed by atoms with E-state index in [1.165, 1.54) is 0 Å². The zero-order valence-corrected chi connectivity index (χ0v) is 13.0. The van der Waals surface area contributed by atoms with E-state index in [-0.39, 0.29) is 11.8 Å². The quantitative estimate of drug-likeness (QED) is 0.791. The summed E-state index contributed by atoms with van der Waals surface area (Å²) >= 11 is 0. The molecule has 0 fully saturated rings. The molecule has 0 aliphatic carbocycles. The minimum Gasteiger partial charge on any atom is -0.334 e. The maximum atomic E-state index is 11.8. The van der Waals surface area contributed by atoms with Gasteiger partial charge in [0.1, 0.15) is 0 Å². The zero-order valence-electron chi connectivity index (χ0n) is 13.0. The van der Waals surface area contributed by atoms with Gasteiger partial charge in [-0.05, 0) is 18.2 Å². The normalized spacial score (nSPS) is 10.7. The van der Waals surface area contributed by atoms with Crippen LogP contribution in [0.15, 0.2) is 59.1 Å². The van der Waals surface area contributed by atoms with Crippen LogP contribution in [0.4, 0.5) is 5.69 Å². The van der Waals surface area contributed by atoms with Crippen LogP contribution in [0.1, 0.15) is 13.8 Å². The lowest BCUT2D eigenvalue weighted by Crippen LogP contribution is -2.17. The van der Waals surface area contributed by atoms with E-state index in [0.29, 0.717) is 17.4 Å². The fourth-order valence-corrected chi connectivity index (χ4v) is 2.06. The molecule has 0 saturated heterocycles. The van der Waals surface area contributed by atoms with Crippen LogP contribution in [0.5, 0.6) is 0 Å². The Labute approximate surface area is 134 Å². The topological polar surface area (TPSA) is 68.0 Å². The fourth-order valence-electron chi connectivity index (χ4n) is 2.06. The van der Waals surface area contributed by atoms with Crippen LogP contribution in [0.3, 0.4) is 0 Å². The van der Waals surface area contributed by atoms with E-state index in [4.69, 9.17) is 4.52 Å². The molecule has 0 atom stereocenters. The number of nitrogens with one attached hydrogen (secondary N) is 1. The third kappa shape index (κ3) is 3.45. The van der Waals surface area contributed by atoms with E-state index >= 15 is 0 Å². The van der Waals surface area contributed by atoms with E-state index < -0.39 is 0 Å². The summed E-state index contributed by atoms with van der Waals surface area (Å²) < 4.78 is 5.34. The fraction of sp³-hybridized carbons (Fsp3) is 0.167. The largest absolute Gasteiger partial charge is 0.334 e. The molecule has 3 rings (SSSR count). The van der Waals surface area contributed by atoms with Crippen molar-refractivity contribution in [3.63, 3.8) is 0 Å². The number of rotatable bonds is 4. The molecular weight excluding hydrogens is 290 g/mol. The summed E-state index contributed by atoms with van der Waals surface area (Å²) in [6, 6.07) is 17.0. The van der Waals surface area contributed by atoms with Crippen molar-refractivity contribution in [3.05, 3.63) is 54.6 Å². The number of nitrogens with zero attached hydrogens (tertiary/aromatic N) is 2. The third-order valence-electron chi connectivity index (χ3n) is 3.36. The predicted molar refractivity (Wildman–Crippen MR) is 88.6 cm³/mol. The van der Waals surface area contributed by atoms with Crippen LogP contribution in [-0.4, -0.2) is 16.0 Å². The van der Waals surface area contributed by atoms with Gasteiger partial charge in [0.05, 0.1) is 0 Å². The Morgan fingerprint density at radius 2 is 1.78 bits per heavy atom. The van der Waals surface area contributed by atoms with Crippen molar-refractivity contribution in [1.82, 2.24) is 10.1 Å². The van der Waals surface area contributed by atoms with Crippen molar-refractivity contribution in [2.24, 2.45) is 5.92 Å². The highest BCUT2D eigenvalue weighted by Crippen LogP contribution is 2.24. The molecule has 0 radical (unpaired) electrons. The van der Waals surface area contributed by atoms with Gasteiger partial charge in [0.15, 0.2) is 0 Å². The van der Waals surface area contributed by atoms with Gasteiger partial charge in [-0.15, -0.1) is 0 Å². The summed E-state index contributed by atoms with van der Waals surface area (Å²) in [5.41, 5.74) is 2.37. The van der Waals surface area contributed by atoms with Gasteiger partial charge in [0.25, 0.3) is 5.89 Å². The van der Waals surface area contributed by atoms with Gasteiger partial charge in [-0.3, -0.25) is 4.79 Å². The highest BCUT2D eigenvalue weighted by Gasteiger charge is 2.12. The molecule has 1 amide bonds. The summed E-state index contributed by atoms with van der Waals surface area (Å²) in [6.07, 6.45) is 0. The summed E-state index contributed by atoms with van der Waals surface area (Å²) in [6.45, 7) is 3.70. The Kier molecular flexibility index (Phi) is 4.19. The molecule has 0 saturated carbocycles. The van der Waals surface area contributed by atoms with E-state index in [1.54, 1.807) is 0 Å². The van der Waals surface area contributed by atoms with E-state index in [9.17, 15) is 4.79 Å². The Hall–Kier alpha value is -2.95. The van der Waals surface area contributed by atoms with Gasteiger partial charge in [-0.2, -0.15) is 4.98 Å². The second-order valence-electron chi connectivity index (χ2n) is 5.51. The standard InChI is InChI=1S/C18H17N3O2/c1-12(2)17(22)19-15-10-6-9-14(11-15)18-20-16(21-23-18)13-7-4-3-5-8-13/h3-12H,1-2H3,(H,19,22). The van der Waals surface area contributed by atoms with Crippen LogP contribution in [-0.2, 0) is 4.79 Å². The summed E-state index contributed by atoms with van der Waals surface area (Å²) in [5.74, 6) is 0.853. The lowest BCUT2D eigenvalue weighted by Gasteiger charge is -2.07. The number of aromatic nitrogens is 2. The molecule has 23 heavy (non-hydrogen) atoms. The van der Waals surface area contributed by atoms with Crippen LogP contribution in [0.2, 0.25) is 0 Å². The minimum absolute atomic E-state index is 0.0300. The second-order valence-corrected chi connectivity index (χ2v) is 5.51. The smallest absolute Gasteiger partial charge is 0.258 e. The minimum atomic E-state index is -0.0771. The Morgan fingerprint density at radius 1 is 1.04 bits per heavy atom. The SMILES string of the molecule is CC(C)C(=O)Nc1cccc(-c2nc(-c3ccccc3)no2)c1. The molecule has 5 nitrogen and oxygen atoms in total. The molecule has 3 aromatic rings. The predicted octanol–water partition coefficient (Wildman–Crippen LogP) is 4.00. The lowest BCUT2D eigenvalue weighted by molar-refractivity contribution is -0.118. The number of hydrogen-bond donors (Lipinski definition) is 1. The monoisotopic (exact) mass is 307 g/mol. The van der Waals surface area contributed by atoms with Crippen molar-refractivity contribution in [2.45, 2.75) is 13.8 Å². The molecule has 2 aromatic carbocycles. The third-order valence-corrected chi connectivity index (χ3v) is 3.36. The first-order valence-corrected chi connectivity index (χ1v) is 7.44. The average molecular weight is 307 g/mol. The zero-order chi connectivity index (χ0) is 16.2. The number of carbonyl (C=O) groups excluding carboxylic acids is 1. The van der Waals surface area contributed by atoms with Gasteiger partial charge in [0, 0.05) is 22.7 Å². The van der Waals surface area contributed by atoms with Crippen molar-refractivity contribution in [2.75, 3.05) is 5.32 Å². The summed E-state index contributed by atoms with van der Waals surface area (Å²) in [5, 5.41) is 6.87. The van der Waals surface area contributed by atoms with Crippen molar-refractivity contribution >= 4 is 11.6 Å². The lowest BCUT2D eigenvalue weighted by atomic mass is 10.1. The second kappa shape index (κ2) is 6.44. The highest BCUT2D eigenvalue weighted by atomic mass is 16.5. The van der Waals surface area contributed by atoms with Gasteiger partial charge in [-0.25, -0.2) is 0 Å². The molecule has 0 spiro atoms. The van der Waals surface area contributed by atoms with Crippen LogP contribution in [0, 0.1) is 5.92 Å². The molecule has 116 valence electrons. The van der Waals surface area contributed by atoms with E-state index in [0.717, 1.165) is 11.1 Å². The molecular formula is C18H17N3O2. The number of hydrogen-bond acceptors (Lipinski definition) is 4. The number of carbonyl (C=O) groups is 1. The molecule has 1 aromatic heterocycles. The van der Waals surface area contributed by atoms with Gasteiger partial charge in [0.2, 0.25) is 11.7 Å². The van der Waals surface area contributed by atoms with Crippen LogP contribution >= 0.6 is 0 Å². The summed E-state index contributed by atoms with van der Waals surface area (Å²) in [4.78, 5) is 16.2. The number of amides is 1. The maximum Gasteiger partial charge on any atom is 0.258 e. The first kappa shape index (κ1) is 15.0. The van der Waals surface area contributed by atoms with Crippen LogP contribution in [0.25, 0.3) is 22.8 Å². The van der Waals surface area contributed by atoms with Gasteiger partial charge in [-0.1, -0.05) is 55.4 Å². The molecule has 0 bridgehead atoms. The number of benzene rings is 2. The molecule has 1 heterocycles. The first-order valence-electron chi connectivity index (χ1n) is 7.44. The van der Waals surface area contributed by atoms with Crippen molar-refractivity contribution in [3.8, 4) is 22.8 Å². The maximum absolute atomic E-state index is 11.8. The van der Waals surface area contributed by atoms with E-state index in [1.807, 2.05) is 68.4 Å². The molecule has 1 N–H and O–H groups in total. The Balaban J connectivity index is 1.85. The van der Waals surface area contributed by atoms with Crippen LogP contribution < -0.4 is 5.32 Å². The molecule has 0 unspecified atom stereocenters. The van der Waals surface area contributed by atoms with Gasteiger partial charge >= 0.3 is 0 Å². The molecule has 0 aliphatic heterocycles. The van der Waals surface area contributed by atoms with E-state index in [2.05, 4.69) is 15.5 Å². The first-order chi connectivity index (χ1) is 11.1. The molecule has 5 heteroatoms. The number of anilines is 1. The summed E-state index contributed by atoms with van der Waals surface area (Å²) in [7, 11) is 0. The highest BCUT2D eigenvalue weighted by molar-refractivity contribution is 5.92. The van der Waals surface area contributed by atoms with Crippen molar-refractivity contribution in [1.29, 1.82) is 0 Å². The van der Waals surface area contributed by atoms with Gasteiger partial charge < -0.3 is 9.84 Å². The Bertz CT molecular complexity index is 810.